The van der Waals surface area contributed by atoms with E-state index >= 15 is 0 Å². The molecule has 1 saturated carbocycles. The van der Waals surface area contributed by atoms with Crippen LogP contribution in [0.15, 0.2) is 6.07 Å². The Morgan fingerprint density at radius 2 is 1.77 bits per heavy atom. The highest BCUT2D eigenvalue weighted by Crippen LogP contribution is 2.38. The lowest BCUT2D eigenvalue weighted by Gasteiger charge is -2.36. The number of urea groups is 1. The number of rotatable bonds is 3. The maximum Gasteiger partial charge on any atom is 0.325 e. The van der Waals surface area contributed by atoms with Crippen molar-refractivity contribution in [2.24, 2.45) is 5.92 Å². The molecule has 5 nitrogen and oxygen atoms in total. The molecule has 1 spiro atoms. The van der Waals surface area contributed by atoms with Crippen LogP contribution in [0.5, 0.6) is 0 Å². The molecule has 0 bridgehead atoms. The Bertz CT molecular complexity index is 773. The number of nitrogens with one attached hydrogen (secondary N) is 1. The Morgan fingerprint density at radius 3 is 2.35 bits per heavy atom. The first-order valence-electron chi connectivity index (χ1n) is 9.43. The van der Waals surface area contributed by atoms with Crippen molar-refractivity contribution in [2.75, 3.05) is 6.54 Å². The molecule has 1 aliphatic heterocycles. The highest BCUT2D eigenvalue weighted by atomic mass is 16.2. The lowest BCUT2D eigenvalue weighted by molar-refractivity contribution is -0.133. The average Bonchev–Trinajstić information content (AvgIpc) is 2.81. The van der Waals surface area contributed by atoms with Crippen LogP contribution in [0.3, 0.4) is 0 Å². The number of nitrogens with zero attached hydrogens (tertiary/aromatic N) is 1. The minimum Gasteiger partial charge on any atom is -0.323 e. The number of aryl methyl sites for hydroxylation is 2. The first kappa shape index (κ1) is 18.6. The van der Waals surface area contributed by atoms with E-state index in [0.29, 0.717) is 12.0 Å². The van der Waals surface area contributed by atoms with Crippen LogP contribution in [0.25, 0.3) is 0 Å². The molecule has 3 rings (SSSR count). The third-order valence-electron chi connectivity index (χ3n) is 6.45. The molecule has 0 unspecified atom stereocenters. The summed E-state index contributed by atoms with van der Waals surface area (Å²) in [7, 11) is 0. The summed E-state index contributed by atoms with van der Waals surface area (Å²) in [4.78, 5) is 39.7. The monoisotopic (exact) mass is 356 g/mol. The van der Waals surface area contributed by atoms with E-state index in [1.54, 1.807) is 0 Å². The Kier molecular flexibility index (Phi) is 4.67. The molecule has 0 aromatic heterocycles. The second kappa shape index (κ2) is 6.53. The van der Waals surface area contributed by atoms with Gasteiger partial charge in [0.1, 0.15) is 5.54 Å². The zero-order chi connectivity index (χ0) is 19.2. The highest BCUT2D eigenvalue weighted by molar-refractivity contribution is 6.12. The summed E-state index contributed by atoms with van der Waals surface area (Å²) in [5.41, 5.74) is 3.76. The number of ketones is 1. The molecule has 1 heterocycles. The molecular weight excluding hydrogens is 328 g/mol. The molecule has 1 saturated heterocycles. The Balaban J connectivity index is 1.89. The van der Waals surface area contributed by atoms with Gasteiger partial charge in [-0.25, -0.2) is 4.79 Å². The van der Waals surface area contributed by atoms with Crippen LogP contribution < -0.4 is 5.32 Å². The minimum atomic E-state index is -0.817. The second-order valence-electron chi connectivity index (χ2n) is 8.00. The van der Waals surface area contributed by atoms with E-state index in [2.05, 4.69) is 11.4 Å². The van der Waals surface area contributed by atoms with Gasteiger partial charge in [-0.2, -0.15) is 0 Å². The van der Waals surface area contributed by atoms with Gasteiger partial charge in [0.25, 0.3) is 5.91 Å². The van der Waals surface area contributed by atoms with Crippen molar-refractivity contribution in [1.82, 2.24) is 10.2 Å². The maximum absolute atomic E-state index is 13.1. The summed E-state index contributed by atoms with van der Waals surface area (Å²) < 4.78 is 0. The smallest absolute Gasteiger partial charge is 0.323 e. The normalized spacial score (nSPS) is 25.7. The van der Waals surface area contributed by atoms with Gasteiger partial charge in [-0.3, -0.25) is 14.5 Å². The molecule has 1 aliphatic carbocycles. The van der Waals surface area contributed by atoms with Crippen LogP contribution in [0, 0.1) is 33.6 Å². The third kappa shape index (κ3) is 2.74. The van der Waals surface area contributed by atoms with Gasteiger partial charge in [-0.1, -0.05) is 25.8 Å². The fraction of sp³-hybridized carbons (Fsp3) is 0.571. The molecule has 140 valence electrons. The van der Waals surface area contributed by atoms with E-state index in [9.17, 15) is 14.4 Å². The number of benzene rings is 1. The van der Waals surface area contributed by atoms with Crippen LogP contribution in [-0.4, -0.2) is 34.7 Å². The van der Waals surface area contributed by atoms with Gasteiger partial charge in [0, 0.05) is 5.56 Å². The van der Waals surface area contributed by atoms with Gasteiger partial charge in [-0.15, -0.1) is 0 Å². The van der Waals surface area contributed by atoms with Gasteiger partial charge >= 0.3 is 6.03 Å². The van der Waals surface area contributed by atoms with Gasteiger partial charge < -0.3 is 5.32 Å². The Morgan fingerprint density at radius 1 is 1.15 bits per heavy atom. The van der Waals surface area contributed by atoms with Crippen LogP contribution in [0.4, 0.5) is 4.79 Å². The summed E-state index contributed by atoms with van der Waals surface area (Å²) in [5.74, 6) is -0.309. The van der Waals surface area contributed by atoms with Gasteiger partial charge in [0.05, 0.1) is 6.54 Å². The summed E-state index contributed by atoms with van der Waals surface area (Å²) >= 11 is 0. The zero-order valence-corrected chi connectivity index (χ0v) is 16.4. The predicted octanol–water partition coefficient (Wildman–Crippen LogP) is 3.60. The first-order chi connectivity index (χ1) is 12.2. The molecule has 2 aliphatic rings. The van der Waals surface area contributed by atoms with E-state index in [4.69, 9.17) is 0 Å². The minimum absolute atomic E-state index is 0.0949. The van der Waals surface area contributed by atoms with E-state index in [-0.39, 0.29) is 24.2 Å². The molecule has 2 atom stereocenters. The molecule has 1 aromatic carbocycles. The fourth-order valence-electron chi connectivity index (χ4n) is 4.50. The lowest BCUT2D eigenvalue weighted by Crippen LogP contribution is -2.54. The van der Waals surface area contributed by atoms with Crippen molar-refractivity contribution in [3.63, 3.8) is 0 Å². The SMILES string of the molecule is Cc1cc(C)c(C)c(C(=O)CN2C(=O)N[C@@]3(CCCC[C@@H]3C)C2=O)c1C. The number of hydrogen-bond donors (Lipinski definition) is 1. The molecule has 26 heavy (non-hydrogen) atoms. The van der Waals surface area contributed by atoms with Crippen LogP contribution in [-0.2, 0) is 4.79 Å². The number of carbonyl (C=O) groups is 3. The first-order valence-corrected chi connectivity index (χ1v) is 9.43. The van der Waals surface area contributed by atoms with E-state index in [1.165, 1.54) is 0 Å². The number of imide groups is 1. The van der Waals surface area contributed by atoms with Crippen molar-refractivity contribution in [1.29, 1.82) is 0 Å². The van der Waals surface area contributed by atoms with Gasteiger partial charge in [0.15, 0.2) is 5.78 Å². The van der Waals surface area contributed by atoms with Gasteiger partial charge in [0.2, 0.25) is 0 Å². The standard InChI is InChI=1S/C21H28N2O3/c1-12-10-13(2)16(5)18(15(12)4)17(24)11-23-19(25)21(22-20(23)26)9-7-6-8-14(21)3/h10,14H,6-9,11H2,1-5H3,(H,22,26)/t14-,21+/m0/s1. The molecule has 2 fully saturated rings. The Labute approximate surface area is 155 Å². The topological polar surface area (TPSA) is 66.5 Å². The van der Waals surface area contributed by atoms with Crippen molar-refractivity contribution in [3.05, 3.63) is 33.9 Å². The number of hydrogen-bond acceptors (Lipinski definition) is 3. The van der Waals surface area contributed by atoms with Crippen LogP contribution in [0.1, 0.15) is 65.2 Å². The molecule has 1 N–H and O–H groups in total. The number of carbonyl (C=O) groups excluding carboxylic acids is 3. The zero-order valence-electron chi connectivity index (χ0n) is 16.4. The molecule has 5 heteroatoms. The summed E-state index contributed by atoms with van der Waals surface area (Å²) in [6, 6.07) is 1.63. The molecular formula is C21H28N2O3. The largest absolute Gasteiger partial charge is 0.325 e. The van der Waals surface area contributed by atoms with Crippen molar-refractivity contribution >= 4 is 17.7 Å². The lowest BCUT2D eigenvalue weighted by atomic mass is 9.73. The van der Waals surface area contributed by atoms with Crippen molar-refractivity contribution < 1.29 is 14.4 Å². The van der Waals surface area contributed by atoms with Crippen molar-refractivity contribution in [2.45, 2.75) is 65.8 Å². The number of amides is 3. The van der Waals surface area contributed by atoms with Crippen LogP contribution >= 0.6 is 0 Å². The summed E-state index contributed by atoms with van der Waals surface area (Å²) in [6.45, 7) is 9.62. The molecule has 1 aromatic rings. The summed E-state index contributed by atoms with van der Waals surface area (Å²) in [5, 5.41) is 2.91. The fourth-order valence-corrected chi connectivity index (χ4v) is 4.50. The van der Waals surface area contributed by atoms with E-state index in [1.807, 2.05) is 34.6 Å². The molecule has 3 amide bonds. The average molecular weight is 356 g/mol. The third-order valence-corrected chi connectivity index (χ3v) is 6.45. The highest BCUT2D eigenvalue weighted by Gasteiger charge is 2.55. The maximum atomic E-state index is 13.1. The van der Waals surface area contributed by atoms with E-state index in [0.717, 1.165) is 46.4 Å². The van der Waals surface area contributed by atoms with E-state index < -0.39 is 11.6 Å². The van der Waals surface area contributed by atoms with Crippen LogP contribution in [0.2, 0.25) is 0 Å². The Hall–Kier alpha value is -2.17. The second-order valence-corrected chi connectivity index (χ2v) is 8.00. The quantitative estimate of drug-likeness (QED) is 0.665. The summed E-state index contributed by atoms with van der Waals surface area (Å²) in [6.07, 6.45) is 3.58. The van der Waals surface area contributed by atoms with Gasteiger partial charge in [-0.05, 0) is 68.7 Å². The predicted molar refractivity (Wildman–Crippen MR) is 100 cm³/mol. The molecule has 0 radical (unpaired) electrons. The number of Topliss-reactive ketones (excluding diaryl/α,β-unsaturated/α-hetero) is 1. The van der Waals surface area contributed by atoms with Crippen molar-refractivity contribution in [3.8, 4) is 0 Å².